The number of amides is 1. The highest BCUT2D eigenvalue weighted by molar-refractivity contribution is 6.09. The molecule has 166 valence electrons. The fourth-order valence-electron chi connectivity index (χ4n) is 3.95. The molecule has 1 unspecified atom stereocenters. The summed E-state index contributed by atoms with van der Waals surface area (Å²) in [6.45, 7) is 6.75. The first-order chi connectivity index (χ1) is 15.0. The average Bonchev–Trinajstić information content (AvgIpc) is 2.75. The van der Waals surface area contributed by atoms with Crippen LogP contribution in [-0.2, 0) is 6.42 Å². The Hall–Kier alpha value is -2.90. The van der Waals surface area contributed by atoms with Crippen molar-refractivity contribution in [2.45, 2.75) is 39.7 Å². The van der Waals surface area contributed by atoms with Crippen molar-refractivity contribution in [3.63, 3.8) is 0 Å². The SMILES string of the molecule is CCOc1cc(OCC)c(C(=O)Nc2cccc3c2CCNC3CCO)cc1C(C)=O. The summed E-state index contributed by atoms with van der Waals surface area (Å²) in [6.07, 6.45) is 1.38. The van der Waals surface area contributed by atoms with E-state index >= 15 is 0 Å². The van der Waals surface area contributed by atoms with E-state index in [2.05, 4.69) is 10.6 Å². The maximum absolute atomic E-state index is 13.2. The highest BCUT2D eigenvalue weighted by atomic mass is 16.5. The smallest absolute Gasteiger partial charge is 0.259 e. The van der Waals surface area contributed by atoms with Gasteiger partial charge in [-0.05, 0) is 63.4 Å². The molecule has 1 aliphatic heterocycles. The number of carbonyl (C=O) groups is 2. The molecule has 3 rings (SSSR count). The molecule has 7 nitrogen and oxygen atoms in total. The standard InChI is InChI=1S/C24H30N2O5/c1-4-30-22-14-23(31-5-2)19(13-18(22)15(3)28)24(29)26-21-8-6-7-16-17(21)9-11-25-20(16)10-12-27/h6-8,13-14,20,25,27H,4-5,9-12H2,1-3H3,(H,26,29). The van der Waals surface area contributed by atoms with Crippen molar-refractivity contribution in [3.05, 3.63) is 52.6 Å². The number of fused-ring (bicyclic) bond motifs is 1. The lowest BCUT2D eigenvalue weighted by Crippen LogP contribution is -2.31. The van der Waals surface area contributed by atoms with Gasteiger partial charge in [-0.1, -0.05) is 12.1 Å². The Balaban J connectivity index is 1.97. The number of aliphatic hydroxyl groups excluding tert-OH is 1. The van der Waals surface area contributed by atoms with Crippen molar-refractivity contribution in [2.75, 3.05) is 31.7 Å². The molecular formula is C24H30N2O5. The molecule has 0 spiro atoms. The number of benzene rings is 2. The van der Waals surface area contributed by atoms with E-state index in [0.29, 0.717) is 36.7 Å². The molecule has 7 heteroatoms. The average molecular weight is 427 g/mol. The van der Waals surface area contributed by atoms with Gasteiger partial charge in [0.2, 0.25) is 0 Å². The summed E-state index contributed by atoms with van der Waals surface area (Å²) in [7, 11) is 0. The first-order valence-electron chi connectivity index (χ1n) is 10.7. The van der Waals surface area contributed by atoms with Crippen LogP contribution in [0.5, 0.6) is 11.5 Å². The van der Waals surface area contributed by atoms with Crippen molar-refractivity contribution in [3.8, 4) is 11.5 Å². The van der Waals surface area contributed by atoms with E-state index < -0.39 is 0 Å². The van der Waals surface area contributed by atoms with Crippen molar-refractivity contribution >= 4 is 17.4 Å². The molecular weight excluding hydrogens is 396 g/mol. The topological polar surface area (TPSA) is 96.9 Å². The number of anilines is 1. The maximum atomic E-state index is 13.2. The normalized spacial score (nSPS) is 15.2. The Labute approximate surface area is 182 Å². The summed E-state index contributed by atoms with van der Waals surface area (Å²) in [5, 5.41) is 15.8. The zero-order valence-electron chi connectivity index (χ0n) is 18.3. The van der Waals surface area contributed by atoms with Gasteiger partial charge in [-0.15, -0.1) is 0 Å². The molecule has 1 heterocycles. The van der Waals surface area contributed by atoms with E-state index in [9.17, 15) is 14.7 Å². The minimum atomic E-state index is -0.348. The lowest BCUT2D eigenvalue weighted by Gasteiger charge is -2.28. The third kappa shape index (κ3) is 5.06. The predicted molar refractivity (Wildman–Crippen MR) is 119 cm³/mol. The summed E-state index contributed by atoms with van der Waals surface area (Å²) in [6, 6.07) is 9.00. The second kappa shape index (κ2) is 10.4. The molecule has 0 saturated carbocycles. The van der Waals surface area contributed by atoms with Crippen LogP contribution in [0.25, 0.3) is 0 Å². The molecule has 0 saturated heterocycles. The van der Waals surface area contributed by atoms with E-state index in [1.165, 1.54) is 6.92 Å². The molecule has 3 N–H and O–H groups in total. The van der Waals surface area contributed by atoms with Gasteiger partial charge in [0.15, 0.2) is 5.78 Å². The largest absolute Gasteiger partial charge is 0.493 e. The number of hydrogen-bond donors (Lipinski definition) is 3. The molecule has 0 fully saturated rings. The van der Waals surface area contributed by atoms with Crippen LogP contribution in [0.1, 0.15) is 65.1 Å². The minimum absolute atomic E-state index is 0.0550. The van der Waals surface area contributed by atoms with Crippen LogP contribution in [0.15, 0.2) is 30.3 Å². The van der Waals surface area contributed by atoms with Crippen LogP contribution >= 0.6 is 0 Å². The van der Waals surface area contributed by atoms with Crippen LogP contribution in [0, 0.1) is 0 Å². The minimum Gasteiger partial charge on any atom is -0.493 e. The molecule has 0 radical (unpaired) electrons. The molecule has 1 amide bonds. The van der Waals surface area contributed by atoms with Crippen molar-refractivity contribution < 1.29 is 24.2 Å². The summed E-state index contributed by atoms with van der Waals surface area (Å²) in [5.41, 5.74) is 3.50. The first-order valence-corrected chi connectivity index (χ1v) is 10.7. The van der Waals surface area contributed by atoms with Gasteiger partial charge in [-0.3, -0.25) is 9.59 Å². The molecule has 0 bridgehead atoms. The van der Waals surface area contributed by atoms with Crippen molar-refractivity contribution in [1.82, 2.24) is 5.32 Å². The zero-order chi connectivity index (χ0) is 22.4. The number of nitrogens with one attached hydrogen (secondary N) is 2. The highest BCUT2D eigenvalue weighted by Gasteiger charge is 2.24. The maximum Gasteiger partial charge on any atom is 0.259 e. The Morgan fingerprint density at radius 2 is 1.84 bits per heavy atom. The second-order valence-corrected chi connectivity index (χ2v) is 7.36. The third-order valence-electron chi connectivity index (χ3n) is 5.32. The van der Waals surface area contributed by atoms with Gasteiger partial charge >= 0.3 is 0 Å². The molecule has 2 aromatic rings. The lowest BCUT2D eigenvalue weighted by molar-refractivity contribution is 0.101. The fourth-order valence-corrected chi connectivity index (χ4v) is 3.95. The van der Waals surface area contributed by atoms with Gasteiger partial charge in [-0.25, -0.2) is 0 Å². The van der Waals surface area contributed by atoms with Gasteiger partial charge < -0.3 is 25.2 Å². The quantitative estimate of drug-likeness (QED) is 0.531. The number of carbonyl (C=O) groups excluding carboxylic acids is 2. The van der Waals surface area contributed by atoms with Crippen LogP contribution in [0.3, 0.4) is 0 Å². The van der Waals surface area contributed by atoms with Gasteiger partial charge in [0.25, 0.3) is 5.91 Å². The molecule has 0 aromatic heterocycles. The number of aliphatic hydroxyl groups is 1. The molecule has 1 atom stereocenters. The van der Waals surface area contributed by atoms with Gasteiger partial charge in [0.05, 0.1) is 24.3 Å². The van der Waals surface area contributed by atoms with Crippen LogP contribution in [-0.4, -0.2) is 43.2 Å². The molecule has 1 aliphatic rings. The van der Waals surface area contributed by atoms with E-state index in [4.69, 9.17) is 9.47 Å². The monoisotopic (exact) mass is 426 g/mol. The Bertz CT molecular complexity index is 957. The lowest BCUT2D eigenvalue weighted by atomic mass is 9.91. The summed E-state index contributed by atoms with van der Waals surface area (Å²) in [4.78, 5) is 25.4. The molecule has 0 aliphatic carbocycles. The van der Waals surface area contributed by atoms with Crippen LogP contribution in [0.2, 0.25) is 0 Å². The van der Waals surface area contributed by atoms with Crippen molar-refractivity contribution in [1.29, 1.82) is 0 Å². The first kappa shape index (κ1) is 22.8. The third-order valence-corrected chi connectivity index (χ3v) is 5.32. The van der Waals surface area contributed by atoms with Gasteiger partial charge in [0, 0.05) is 24.4 Å². The fraction of sp³-hybridized carbons (Fsp3) is 0.417. The van der Waals surface area contributed by atoms with E-state index in [0.717, 1.165) is 29.8 Å². The predicted octanol–water partition coefficient (Wildman–Crippen LogP) is 3.51. The molecule has 2 aromatic carbocycles. The van der Waals surface area contributed by atoms with Gasteiger partial charge in [-0.2, -0.15) is 0 Å². The van der Waals surface area contributed by atoms with Crippen LogP contribution < -0.4 is 20.1 Å². The zero-order valence-corrected chi connectivity index (χ0v) is 18.3. The van der Waals surface area contributed by atoms with Crippen molar-refractivity contribution in [2.24, 2.45) is 0 Å². The van der Waals surface area contributed by atoms with E-state index in [1.807, 2.05) is 32.0 Å². The molecule has 31 heavy (non-hydrogen) atoms. The van der Waals surface area contributed by atoms with Gasteiger partial charge in [0.1, 0.15) is 11.5 Å². The summed E-state index contributed by atoms with van der Waals surface area (Å²) >= 11 is 0. The Kier molecular flexibility index (Phi) is 7.65. The highest BCUT2D eigenvalue weighted by Crippen LogP contribution is 2.33. The number of rotatable bonds is 9. The Morgan fingerprint density at radius 3 is 2.48 bits per heavy atom. The number of Topliss-reactive ketones (excluding diaryl/α,β-unsaturated/α-hetero) is 1. The summed E-state index contributed by atoms with van der Waals surface area (Å²) < 4.78 is 11.3. The van der Waals surface area contributed by atoms with E-state index in [-0.39, 0.29) is 29.9 Å². The second-order valence-electron chi connectivity index (χ2n) is 7.36. The van der Waals surface area contributed by atoms with Crippen LogP contribution in [0.4, 0.5) is 5.69 Å². The number of hydrogen-bond acceptors (Lipinski definition) is 6. The number of ether oxygens (including phenoxy) is 2. The number of ketones is 1. The van der Waals surface area contributed by atoms with E-state index in [1.54, 1.807) is 12.1 Å². The Morgan fingerprint density at radius 1 is 1.13 bits per heavy atom. The summed E-state index contributed by atoms with van der Waals surface area (Å²) in [5.74, 6) is 0.248.